The Balaban J connectivity index is 1.74. The van der Waals surface area contributed by atoms with Gasteiger partial charge in [-0.25, -0.2) is 0 Å². The van der Waals surface area contributed by atoms with Crippen molar-refractivity contribution >= 4 is 17.4 Å². The quantitative estimate of drug-likeness (QED) is 0.558. The van der Waals surface area contributed by atoms with Gasteiger partial charge in [-0.05, 0) is 24.0 Å². The fourth-order valence-electron chi connectivity index (χ4n) is 5.66. The number of nitrogens with one attached hydrogen (secondary N) is 2. The SMILES string of the molecule is CC(C)C[C@@H]1N[C@]2(C(=O)Nc3ccccc32)[C@@H](C(=O)c2ccccc2)[C@H]1c1ccccc1. The first kappa shape index (κ1) is 20.7. The smallest absolute Gasteiger partial charge is 0.250 e. The molecular formula is C28H28N2O2. The standard InChI is InChI=1S/C28H28N2O2/c1-18(2)17-23-24(19-11-5-3-6-12-19)25(26(31)20-13-7-4-8-14-20)28(30-23)21-15-9-10-16-22(21)29-27(28)32/h3-16,18,23-25,30H,17H2,1-2H3,(H,29,32)/t23-,24-,25+,28-/m0/s1. The molecule has 0 radical (unpaired) electrons. The van der Waals surface area contributed by atoms with Crippen LogP contribution in [0.15, 0.2) is 84.9 Å². The zero-order chi connectivity index (χ0) is 22.3. The van der Waals surface area contributed by atoms with E-state index in [9.17, 15) is 9.59 Å². The summed E-state index contributed by atoms with van der Waals surface area (Å²) in [7, 11) is 0. The van der Waals surface area contributed by atoms with Crippen LogP contribution in [0.1, 0.15) is 47.7 Å². The maximum absolute atomic E-state index is 14.2. The van der Waals surface area contributed by atoms with Crippen LogP contribution in [0.3, 0.4) is 0 Å². The number of ketones is 1. The number of hydrogen-bond donors (Lipinski definition) is 2. The summed E-state index contributed by atoms with van der Waals surface area (Å²) in [4.78, 5) is 27.8. The average Bonchev–Trinajstić information content (AvgIpc) is 3.29. The van der Waals surface area contributed by atoms with E-state index in [1.165, 1.54) is 0 Å². The number of anilines is 1. The topological polar surface area (TPSA) is 58.2 Å². The number of benzene rings is 3. The van der Waals surface area contributed by atoms with Gasteiger partial charge >= 0.3 is 0 Å². The highest BCUT2D eigenvalue weighted by molar-refractivity contribution is 6.12. The molecule has 0 unspecified atom stereocenters. The third-order valence-corrected chi connectivity index (χ3v) is 6.88. The first-order chi connectivity index (χ1) is 15.5. The molecule has 1 saturated heterocycles. The van der Waals surface area contributed by atoms with E-state index in [1.54, 1.807) is 0 Å². The maximum atomic E-state index is 14.2. The van der Waals surface area contributed by atoms with Crippen molar-refractivity contribution in [2.75, 3.05) is 5.32 Å². The average molecular weight is 425 g/mol. The summed E-state index contributed by atoms with van der Waals surface area (Å²) in [6.45, 7) is 4.37. The molecule has 1 amide bonds. The van der Waals surface area contributed by atoms with Crippen molar-refractivity contribution in [3.8, 4) is 0 Å². The van der Waals surface area contributed by atoms with E-state index < -0.39 is 11.5 Å². The van der Waals surface area contributed by atoms with Crippen molar-refractivity contribution in [3.05, 3.63) is 102 Å². The highest BCUT2D eigenvalue weighted by Crippen LogP contribution is 2.54. The zero-order valence-electron chi connectivity index (χ0n) is 18.4. The lowest BCUT2D eigenvalue weighted by atomic mass is 9.69. The molecule has 32 heavy (non-hydrogen) atoms. The first-order valence-corrected chi connectivity index (χ1v) is 11.3. The van der Waals surface area contributed by atoms with E-state index in [0.29, 0.717) is 11.5 Å². The Morgan fingerprint density at radius 2 is 1.53 bits per heavy atom. The van der Waals surface area contributed by atoms with Gasteiger partial charge in [-0.1, -0.05) is 92.7 Å². The summed E-state index contributed by atoms with van der Waals surface area (Å²) < 4.78 is 0. The lowest BCUT2D eigenvalue weighted by Crippen LogP contribution is -2.51. The molecule has 4 nitrogen and oxygen atoms in total. The van der Waals surface area contributed by atoms with E-state index in [0.717, 1.165) is 23.2 Å². The third-order valence-electron chi connectivity index (χ3n) is 6.88. The van der Waals surface area contributed by atoms with Crippen LogP contribution >= 0.6 is 0 Å². The molecule has 0 aromatic heterocycles. The molecule has 5 rings (SSSR count). The lowest BCUT2D eigenvalue weighted by Gasteiger charge is -2.31. The van der Waals surface area contributed by atoms with Crippen molar-refractivity contribution in [3.63, 3.8) is 0 Å². The van der Waals surface area contributed by atoms with Gasteiger partial charge in [0.1, 0.15) is 5.54 Å². The van der Waals surface area contributed by atoms with E-state index >= 15 is 0 Å². The van der Waals surface area contributed by atoms with Crippen LogP contribution < -0.4 is 10.6 Å². The van der Waals surface area contributed by atoms with Crippen LogP contribution in [-0.2, 0) is 10.3 Å². The summed E-state index contributed by atoms with van der Waals surface area (Å²) >= 11 is 0. The van der Waals surface area contributed by atoms with Crippen LogP contribution in [-0.4, -0.2) is 17.7 Å². The number of rotatable bonds is 5. The fraction of sp³-hybridized carbons (Fsp3) is 0.286. The van der Waals surface area contributed by atoms with Crippen LogP contribution in [0, 0.1) is 11.8 Å². The number of amides is 1. The number of carbonyl (C=O) groups is 2. The molecule has 1 fully saturated rings. The molecule has 4 atom stereocenters. The Morgan fingerprint density at radius 1 is 0.906 bits per heavy atom. The van der Waals surface area contributed by atoms with Crippen molar-refractivity contribution in [2.45, 2.75) is 37.8 Å². The zero-order valence-corrected chi connectivity index (χ0v) is 18.4. The summed E-state index contributed by atoms with van der Waals surface area (Å²) in [6, 6.07) is 27.3. The molecular weight excluding hydrogens is 396 g/mol. The van der Waals surface area contributed by atoms with Gasteiger partial charge in [0.15, 0.2) is 5.78 Å². The Kier molecular flexibility index (Phi) is 5.18. The highest BCUT2D eigenvalue weighted by Gasteiger charge is 2.64. The summed E-state index contributed by atoms with van der Waals surface area (Å²) in [5.74, 6) is -0.394. The van der Waals surface area contributed by atoms with Crippen LogP contribution in [0.25, 0.3) is 0 Å². The summed E-state index contributed by atoms with van der Waals surface area (Å²) in [5, 5.41) is 6.78. The molecule has 2 N–H and O–H groups in total. The van der Waals surface area contributed by atoms with Gasteiger partial charge < -0.3 is 5.32 Å². The van der Waals surface area contributed by atoms with Gasteiger partial charge in [-0.15, -0.1) is 0 Å². The summed E-state index contributed by atoms with van der Waals surface area (Å²) in [6.07, 6.45) is 0.870. The molecule has 2 aliphatic heterocycles. The molecule has 2 heterocycles. The minimum absolute atomic E-state index is 0.00469. The van der Waals surface area contributed by atoms with Crippen LogP contribution in [0.2, 0.25) is 0 Å². The highest BCUT2D eigenvalue weighted by atomic mass is 16.2. The van der Waals surface area contributed by atoms with Crippen molar-refractivity contribution in [1.29, 1.82) is 0 Å². The number of carbonyl (C=O) groups excluding carboxylic acids is 2. The molecule has 3 aromatic rings. The monoisotopic (exact) mass is 424 g/mol. The van der Waals surface area contributed by atoms with E-state index in [2.05, 4.69) is 36.6 Å². The van der Waals surface area contributed by atoms with E-state index in [4.69, 9.17) is 0 Å². The second-order valence-corrected chi connectivity index (χ2v) is 9.33. The first-order valence-electron chi connectivity index (χ1n) is 11.3. The van der Waals surface area contributed by atoms with Gasteiger partial charge in [-0.3, -0.25) is 14.9 Å². The molecule has 0 aliphatic carbocycles. The van der Waals surface area contributed by atoms with Gasteiger partial charge in [-0.2, -0.15) is 0 Å². The second kappa shape index (κ2) is 8.03. The fourth-order valence-corrected chi connectivity index (χ4v) is 5.66. The van der Waals surface area contributed by atoms with E-state index in [-0.39, 0.29) is 23.7 Å². The number of Topliss-reactive ketones (excluding diaryl/α,β-unsaturated/α-hetero) is 1. The molecule has 1 spiro atoms. The predicted octanol–water partition coefficient (Wildman–Crippen LogP) is 5.13. The number of hydrogen-bond acceptors (Lipinski definition) is 3. The number of fused-ring (bicyclic) bond motifs is 2. The molecule has 4 heteroatoms. The second-order valence-electron chi connectivity index (χ2n) is 9.33. The van der Waals surface area contributed by atoms with Gasteiger partial charge in [0.05, 0.1) is 5.92 Å². The van der Waals surface area contributed by atoms with Crippen molar-refractivity contribution < 1.29 is 9.59 Å². The Labute approximate surface area is 189 Å². The Morgan fingerprint density at radius 3 is 2.22 bits per heavy atom. The largest absolute Gasteiger partial charge is 0.324 e. The third kappa shape index (κ3) is 3.18. The van der Waals surface area contributed by atoms with Crippen molar-refractivity contribution in [2.24, 2.45) is 11.8 Å². The maximum Gasteiger partial charge on any atom is 0.250 e. The minimum atomic E-state index is -1.09. The van der Waals surface area contributed by atoms with Crippen molar-refractivity contribution in [1.82, 2.24) is 5.32 Å². The van der Waals surface area contributed by atoms with Gasteiger partial charge in [0.25, 0.3) is 0 Å². The molecule has 0 bridgehead atoms. The van der Waals surface area contributed by atoms with Gasteiger partial charge in [0.2, 0.25) is 5.91 Å². The Hall–Kier alpha value is -3.24. The molecule has 2 aliphatic rings. The molecule has 0 saturated carbocycles. The van der Waals surface area contributed by atoms with Gasteiger partial charge in [0, 0.05) is 28.8 Å². The van der Waals surface area contributed by atoms with E-state index in [1.807, 2.05) is 72.8 Å². The predicted molar refractivity (Wildman–Crippen MR) is 127 cm³/mol. The molecule has 3 aromatic carbocycles. The summed E-state index contributed by atoms with van der Waals surface area (Å²) in [5.41, 5.74) is 2.29. The molecule has 162 valence electrons. The Bertz CT molecular complexity index is 1140. The van der Waals surface area contributed by atoms with Crippen LogP contribution in [0.4, 0.5) is 5.69 Å². The normalized spacial score (nSPS) is 26.3. The lowest BCUT2D eigenvalue weighted by molar-refractivity contribution is -0.122. The van der Waals surface area contributed by atoms with Crippen LogP contribution in [0.5, 0.6) is 0 Å². The number of para-hydroxylation sites is 1. The minimum Gasteiger partial charge on any atom is -0.324 e.